The third kappa shape index (κ3) is 15.7. The van der Waals surface area contributed by atoms with Gasteiger partial charge in [0.2, 0.25) is 35.8 Å². The van der Waals surface area contributed by atoms with Crippen molar-refractivity contribution in [1.29, 1.82) is 0 Å². The molecule has 0 unspecified atom stereocenters. The summed E-state index contributed by atoms with van der Waals surface area (Å²) >= 11 is 0. The normalized spacial score (nSPS) is 14.0. The maximum Gasteiger partial charge on any atom is 0.284 e. The number of carbonyl (C=O) groups excluding carboxylic acids is 7. The lowest BCUT2D eigenvalue weighted by atomic mass is 10.00. The largest absolute Gasteiger partial charge is 0.368 e. The molecule has 234 valence electrons. The molecule has 0 rings (SSSR count). The highest BCUT2D eigenvalue weighted by Crippen LogP contribution is 2.09. The zero-order chi connectivity index (χ0) is 31.7. The maximum atomic E-state index is 13.0. The van der Waals surface area contributed by atoms with Crippen LogP contribution in [-0.2, 0) is 33.6 Å². The second kappa shape index (κ2) is 19.5. The van der Waals surface area contributed by atoms with Crippen LogP contribution in [0.1, 0.15) is 73.6 Å². The average molecular weight is 584 g/mol. The van der Waals surface area contributed by atoms with Crippen molar-refractivity contribution < 1.29 is 33.6 Å². The van der Waals surface area contributed by atoms with Gasteiger partial charge in [0.1, 0.15) is 24.2 Å². The average Bonchev–Trinajstić information content (AvgIpc) is 2.87. The van der Waals surface area contributed by atoms with E-state index in [-0.39, 0.29) is 43.3 Å². The minimum atomic E-state index is -1.03. The van der Waals surface area contributed by atoms with Crippen molar-refractivity contribution in [2.45, 2.75) is 97.8 Å². The summed E-state index contributed by atoms with van der Waals surface area (Å²) in [7, 11) is 0. The van der Waals surface area contributed by atoms with Crippen LogP contribution in [0.2, 0.25) is 0 Å². The molecule has 9 N–H and O–H groups in total. The molecular formula is C27H49N7O7. The second-order valence-electron chi connectivity index (χ2n) is 11.3. The number of hydrogen-bond acceptors (Lipinski definition) is 8. The standard InChI is InChI=1S/C27H49N7O7/c1-15(2)11-19(33-27(41)20(12-16(3)4)32-22(37)14-35)25(39)30-13-21(36)31-18(9-7-8-10-28)26(40)34-23(17(5)6)24(29)38/h14-20,23H,7-13,28H2,1-6H3,(H2,29,38)(H,30,39)(H,31,36)(H,32,37)(H,33,41)(H,34,40)/t18-,19-,20-,23-/m0/s1. The molecule has 0 aromatic heterocycles. The maximum absolute atomic E-state index is 13.0. The molecule has 0 aliphatic rings. The van der Waals surface area contributed by atoms with Gasteiger partial charge in [0.25, 0.3) is 5.91 Å². The number of primary amides is 1. The van der Waals surface area contributed by atoms with Crippen LogP contribution in [0, 0.1) is 17.8 Å². The molecule has 0 aromatic rings. The van der Waals surface area contributed by atoms with Gasteiger partial charge in [-0.2, -0.15) is 0 Å². The first-order chi connectivity index (χ1) is 19.1. The fourth-order valence-corrected chi connectivity index (χ4v) is 4.00. The number of unbranched alkanes of at least 4 members (excludes halogenated alkanes) is 1. The Labute approximate surface area is 242 Å². The summed E-state index contributed by atoms with van der Waals surface area (Å²) in [5.41, 5.74) is 10.9. The van der Waals surface area contributed by atoms with E-state index in [1.807, 2.05) is 27.7 Å². The Balaban J connectivity index is 5.45. The molecule has 0 saturated heterocycles. The molecular weight excluding hydrogens is 534 g/mol. The van der Waals surface area contributed by atoms with E-state index in [2.05, 4.69) is 26.6 Å². The number of aldehydes is 1. The van der Waals surface area contributed by atoms with Crippen molar-refractivity contribution in [3.05, 3.63) is 0 Å². The SMILES string of the molecule is CC(C)C[C@H](NC(=O)C=O)C(=O)N[C@@H](CC(C)C)C(=O)NCC(=O)N[C@@H](CCCCN)C(=O)N[C@H](C(N)=O)C(C)C. The summed E-state index contributed by atoms with van der Waals surface area (Å²) in [6.45, 7) is 10.7. The van der Waals surface area contributed by atoms with E-state index in [0.717, 1.165) is 0 Å². The van der Waals surface area contributed by atoms with Gasteiger partial charge in [-0.1, -0.05) is 41.5 Å². The Hall–Kier alpha value is -3.55. The minimum Gasteiger partial charge on any atom is -0.368 e. The third-order valence-corrected chi connectivity index (χ3v) is 6.08. The van der Waals surface area contributed by atoms with Crippen LogP contribution in [0.4, 0.5) is 0 Å². The fourth-order valence-electron chi connectivity index (χ4n) is 4.00. The predicted octanol–water partition coefficient (Wildman–Crippen LogP) is -1.40. The molecule has 6 amide bonds. The highest BCUT2D eigenvalue weighted by atomic mass is 16.2. The summed E-state index contributed by atoms with van der Waals surface area (Å²) < 4.78 is 0. The van der Waals surface area contributed by atoms with Crippen molar-refractivity contribution >= 4 is 41.7 Å². The molecule has 0 fully saturated rings. The number of nitrogens with one attached hydrogen (secondary N) is 5. The summed E-state index contributed by atoms with van der Waals surface area (Å²) in [4.78, 5) is 85.6. The van der Waals surface area contributed by atoms with E-state index in [1.165, 1.54) is 0 Å². The monoisotopic (exact) mass is 583 g/mol. The molecule has 4 atom stereocenters. The molecule has 14 nitrogen and oxygen atoms in total. The van der Waals surface area contributed by atoms with Gasteiger partial charge in [-0.05, 0) is 56.4 Å². The third-order valence-electron chi connectivity index (χ3n) is 6.08. The van der Waals surface area contributed by atoms with E-state index in [1.54, 1.807) is 13.8 Å². The van der Waals surface area contributed by atoms with Crippen LogP contribution < -0.4 is 38.1 Å². The molecule has 0 heterocycles. The van der Waals surface area contributed by atoms with Crippen LogP contribution >= 0.6 is 0 Å². The highest BCUT2D eigenvalue weighted by molar-refractivity contribution is 6.24. The molecule has 0 radical (unpaired) electrons. The molecule has 0 aliphatic carbocycles. The Bertz CT molecular complexity index is 908. The zero-order valence-corrected chi connectivity index (χ0v) is 25.1. The van der Waals surface area contributed by atoms with E-state index in [9.17, 15) is 33.6 Å². The van der Waals surface area contributed by atoms with Crippen molar-refractivity contribution in [3.63, 3.8) is 0 Å². The lowest BCUT2D eigenvalue weighted by molar-refractivity contribution is -0.135. The molecule has 41 heavy (non-hydrogen) atoms. The first kappa shape index (κ1) is 37.5. The molecule has 0 spiro atoms. The number of rotatable bonds is 20. The van der Waals surface area contributed by atoms with Crippen LogP contribution in [0.15, 0.2) is 0 Å². The van der Waals surface area contributed by atoms with Crippen molar-refractivity contribution in [2.75, 3.05) is 13.1 Å². The predicted molar refractivity (Wildman–Crippen MR) is 153 cm³/mol. The van der Waals surface area contributed by atoms with Gasteiger partial charge in [0, 0.05) is 0 Å². The summed E-state index contributed by atoms with van der Waals surface area (Å²) in [6.07, 6.45) is 1.94. The summed E-state index contributed by atoms with van der Waals surface area (Å²) in [5.74, 6) is -4.43. The Morgan fingerprint density at radius 1 is 0.707 bits per heavy atom. The zero-order valence-electron chi connectivity index (χ0n) is 25.1. The van der Waals surface area contributed by atoms with Crippen molar-refractivity contribution in [2.24, 2.45) is 29.2 Å². The molecule has 0 saturated carbocycles. The minimum absolute atomic E-state index is 0.00700. The van der Waals surface area contributed by atoms with Crippen molar-refractivity contribution in [3.8, 4) is 0 Å². The number of carbonyl (C=O) groups is 7. The lowest BCUT2D eigenvalue weighted by Crippen LogP contribution is -2.57. The smallest absolute Gasteiger partial charge is 0.284 e. The van der Waals surface area contributed by atoms with Crippen molar-refractivity contribution in [1.82, 2.24) is 26.6 Å². The van der Waals surface area contributed by atoms with E-state index < -0.39 is 66.2 Å². The van der Waals surface area contributed by atoms with Gasteiger partial charge >= 0.3 is 0 Å². The van der Waals surface area contributed by atoms with Gasteiger partial charge in [-0.25, -0.2) is 0 Å². The lowest BCUT2D eigenvalue weighted by Gasteiger charge is -2.25. The molecule has 0 bridgehead atoms. The quantitative estimate of drug-likeness (QED) is 0.0510. The van der Waals surface area contributed by atoms with E-state index in [0.29, 0.717) is 19.4 Å². The van der Waals surface area contributed by atoms with Gasteiger partial charge in [0.05, 0.1) is 6.54 Å². The van der Waals surface area contributed by atoms with Crippen LogP contribution in [0.5, 0.6) is 0 Å². The van der Waals surface area contributed by atoms with Gasteiger partial charge < -0.3 is 38.1 Å². The van der Waals surface area contributed by atoms with E-state index in [4.69, 9.17) is 11.5 Å². The fraction of sp³-hybridized carbons (Fsp3) is 0.741. The second-order valence-corrected chi connectivity index (χ2v) is 11.3. The molecule has 14 heteroatoms. The molecule has 0 aliphatic heterocycles. The summed E-state index contributed by atoms with van der Waals surface area (Å²) in [6, 6.07) is -3.96. The van der Waals surface area contributed by atoms with Gasteiger partial charge in [0.15, 0.2) is 0 Å². The van der Waals surface area contributed by atoms with Gasteiger partial charge in [-0.3, -0.25) is 33.6 Å². The number of nitrogens with two attached hydrogens (primary N) is 2. The topological polar surface area (TPSA) is 232 Å². The van der Waals surface area contributed by atoms with Crippen LogP contribution in [0.25, 0.3) is 0 Å². The number of amides is 6. The highest BCUT2D eigenvalue weighted by Gasteiger charge is 2.30. The van der Waals surface area contributed by atoms with Crippen LogP contribution in [0.3, 0.4) is 0 Å². The summed E-state index contributed by atoms with van der Waals surface area (Å²) in [5, 5.41) is 12.6. The Morgan fingerprint density at radius 3 is 1.71 bits per heavy atom. The Morgan fingerprint density at radius 2 is 1.24 bits per heavy atom. The molecule has 0 aromatic carbocycles. The Kier molecular flexibility index (Phi) is 17.8. The first-order valence-electron chi connectivity index (χ1n) is 14.1. The van der Waals surface area contributed by atoms with Gasteiger partial charge in [-0.15, -0.1) is 0 Å². The van der Waals surface area contributed by atoms with Crippen LogP contribution in [-0.4, -0.2) is 79.0 Å². The van der Waals surface area contributed by atoms with E-state index >= 15 is 0 Å². The number of hydrogen-bond donors (Lipinski definition) is 7. The first-order valence-corrected chi connectivity index (χ1v) is 14.1.